The van der Waals surface area contributed by atoms with E-state index in [0.717, 1.165) is 6.42 Å². The first kappa shape index (κ1) is 13.8. The number of halogens is 1. The number of nitrogens with zero attached hydrogens (tertiary/aromatic N) is 1. The second-order valence-corrected chi connectivity index (χ2v) is 5.01. The smallest absolute Gasteiger partial charge is 0.260 e. The maximum Gasteiger partial charge on any atom is 0.260 e. The van der Waals surface area contributed by atoms with Crippen LogP contribution in [0.4, 0.5) is 4.39 Å². The minimum absolute atomic E-state index is 0.0864. The van der Waals surface area contributed by atoms with E-state index in [0.29, 0.717) is 19.5 Å². The van der Waals surface area contributed by atoms with Gasteiger partial charge in [-0.2, -0.15) is 0 Å². The molecule has 0 saturated carbocycles. The van der Waals surface area contributed by atoms with E-state index >= 15 is 0 Å². The highest BCUT2D eigenvalue weighted by Gasteiger charge is 2.30. The Balaban J connectivity index is 2.20. The van der Waals surface area contributed by atoms with E-state index in [2.05, 4.69) is 0 Å². The molecule has 0 radical (unpaired) electrons. The van der Waals surface area contributed by atoms with Crippen molar-refractivity contribution in [3.63, 3.8) is 0 Å². The predicted octanol–water partition coefficient (Wildman–Crippen LogP) is 1.73. The maximum absolute atomic E-state index is 13.7. The van der Waals surface area contributed by atoms with Gasteiger partial charge in [0.2, 0.25) is 0 Å². The lowest BCUT2D eigenvalue weighted by Gasteiger charge is -2.36. The van der Waals surface area contributed by atoms with Crippen molar-refractivity contribution in [2.24, 2.45) is 11.7 Å². The Morgan fingerprint density at radius 1 is 1.58 bits per heavy atom. The molecule has 5 heteroatoms. The van der Waals surface area contributed by atoms with Crippen LogP contribution in [0, 0.1) is 11.7 Å². The number of phenols is 1. The van der Waals surface area contributed by atoms with Crippen LogP contribution in [-0.2, 0) is 0 Å². The molecule has 1 saturated heterocycles. The first-order valence-corrected chi connectivity index (χ1v) is 6.57. The number of aromatic hydroxyl groups is 1. The Morgan fingerprint density at radius 3 is 2.95 bits per heavy atom. The highest BCUT2D eigenvalue weighted by molar-refractivity contribution is 5.97. The third kappa shape index (κ3) is 2.71. The molecule has 1 aromatic rings. The number of piperidine rings is 1. The monoisotopic (exact) mass is 266 g/mol. The molecular formula is C14H19FN2O2. The van der Waals surface area contributed by atoms with Crippen molar-refractivity contribution in [3.05, 3.63) is 29.6 Å². The van der Waals surface area contributed by atoms with E-state index in [-0.39, 0.29) is 23.3 Å². The van der Waals surface area contributed by atoms with Gasteiger partial charge >= 0.3 is 0 Å². The summed E-state index contributed by atoms with van der Waals surface area (Å²) in [6.07, 6.45) is 1.59. The van der Waals surface area contributed by atoms with E-state index in [1.54, 1.807) is 4.90 Å². The topological polar surface area (TPSA) is 66.6 Å². The fraction of sp³-hybridized carbons (Fsp3) is 0.500. The number of benzene rings is 1. The van der Waals surface area contributed by atoms with Gasteiger partial charge in [-0.25, -0.2) is 4.39 Å². The Labute approximate surface area is 112 Å². The van der Waals surface area contributed by atoms with Gasteiger partial charge in [-0.05, 0) is 24.5 Å². The van der Waals surface area contributed by atoms with Gasteiger partial charge in [-0.3, -0.25) is 4.79 Å². The van der Waals surface area contributed by atoms with Gasteiger partial charge < -0.3 is 15.7 Å². The van der Waals surface area contributed by atoms with Crippen LogP contribution < -0.4 is 5.73 Å². The molecule has 1 amide bonds. The Morgan fingerprint density at radius 2 is 2.32 bits per heavy atom. The zero-order valence-corrected chi connectivity index (χ0v) is 11.0. The van der Waals surface area contributed by atoms with E-state index < -0.39 is 11.7 Å². The average Bonchev–Trinajstić information content (AvgIpc) is 2.39. The molecule has 2 rings (SSSR count). The molecule has 0 aromatic heterocycles. The Hall–Kier alpha value is -1.62. The van der Waals surface area contributed by atoms with Gasteiger partial charge in [0.05, 0.1) is 0 Å². The average molecular weight is 266 g/mol. The lowest BCUT2D eigenvalue weighted by Crippen LogP contribution is -2.49. The number of nitrogens with two attached hydrogens (primary N) is 1. The van der Waals surface area contributed by atoms with Crippen molar-refractivity contribution < 1.29 is 14.3 Å². The molecule has 104 valence electrons. The van der Waals surface area contributed by atoms with E-state index in [1.165, 1.54) is 18.2 Å². The molecule has 19 heavy (non-hydrogen) atoms. The van der Waals surface area contributed by atoms with Crippen molar-refractivity contribution in [3.8, 4) is 5.75 Å². The zero-order chi connectivity index (χ0) is 14.0. The van der Waals surface area contributed by atoms with Crippen molar-refractivity contribution in [2.45, 2.75) is 25.8 Å². The maximum atomic E-state index is 13.7. The second kappa shape index (κ2) is 5.57. The van der Waals surface area contributed by atoms with Gasteiger partial charge in [-0.1, -0.05) is 19.4 Å². The molecule has 0 spiro atoms. The lowest BCUT2D eigenvalue weighted by atomic mass is 9.90. The van der Waals surface area contributed by atoms with E-state index in [9.17, 15) is 14.3 Å². The highest BCUT2D eigenvalue weighted by atomic mass is 19.1. The Bertz CT molecular complexity index is 458. The molecule has 4 nitrogen and oxygen atoms in total. The molecular weight excluding hydrogens is 247 g/mol. The second-order valence-electron chi connectivity index (χ2n) is 5.01. The third-order valence-electron chi connectivity index (χ3n) is 3.81. The number of amides is 1. The highest BCUT2D eigenvalue weighted by Crippen LogP contribution is 2.25. The summed E-state index contributed by atoms with van der Waals surface area (Å²) in [6.45, 7) is 3.05. The lowest BCUT2D eigenvalue weighted by molar-refractivity contribution is 0.0641. The van der Waals surface area contributed by atoms with Crippen LogP contribution in [0.15, 0.2) is 18.2 Å². The van der Waals surface area contributed by atoms with Crippen LogP contribution in [0.25, 0.3) is 0 Å². The standard InChI is InChI=1S/C14H19FN2O2/c1-2-9-8-17(7-6-11(9)16)14(19)13-10(15)4-3-5-12(13)18/h3-5,9,11,18H,2,6-8,16H2,1H3. The minimum Gasteiger partial charge on any atom is -0.507 e. The number of likely N-dealkylation sites (tertiary alicyclic amines) is 1. The molecule has 1 aliphatic heterocycles. The number of hydrogen-bond donors (Lipinski definition) is 2. The summed E-state index contributed by atoms with van der Waals surface area (Å²) in [7, 11) is 0. The van der Waals surface area contributed by atoms with Crippen LogP contribution in [0.3, 0.4) is 0 Å². The molecule has 3 N–H and O–H groups in total. The predicted molar refractivity (Wildman–Crippen MR) is 70.3 cm³/mol. The van der Waals surface area contributed by atoms with Gasteiger partial charge in [0.25, 0.3) is 5.91 Å². The summed E-state index contributed by atoms with van der Waals surface area (Å²) in [5.41, 5.74) is 5.75. The molecule has 0 bridgehead atoms. The summed E-state index contributed by atoms with van der Waals surface area (Å²) in [4.78, 5) is 13.9. The summed E-state index contributed by atoms with van der Waals surface area (Å²) in [5, 5.41) is 9.66. The molecule has 0 aliphatic carbocycles. The fourth-order valence-corrected chi connectivity index (χ4v) is 2.55. The largest absolute Gasteiger partial charge is 0.507 e. The molecule has 1 fully saturated rings. The number of carbonyl (C=O) groups excluding carboxylic acids is 1. The van der Waals surface area contributed by atoms with Crippen molar-refractivity contribution >= 4 is 5.91 Å². The SMILES string of the molecule is CCC1CN(C(=O)c2c(O)cccc2F)CCC1N. The van der Waals surface area contributed by atoms with Gasteiger partial charge in [0.15, 0.2) is 0 Å². The number of carbonyl (C=O) groups is 1. The fourth-order valence-electron chi connectivity index (χ4n) is 2.55. The Kier molecular flexibility index (Phi) is 4.04. The van der Waals surface area contributed by atoms with Crippen LogP contribution >= 0.6 is 0 Å². The molecule has 2 unspecified atom stereocenters. The van der Waals surface area contributed by atoms with Crippen LogP contribution in [-0.4, -0.2) is 35.0 Å². The minimum atomic E-state index is -0.687. The molecule has 1 heterocycles. The van der Waals surface area contributed by atoms with Gasteiger partial charge in [0.1, 0.15) is 17.1 Å². The van der Waals surface area contributed by atoms with Gasteiger partial charge in [0, 0.05) is 19.1 Å². The molecule has 2 atom stereocenters. The summed E-state index contributed by atoms with van der Waals surface area (Å²) in [6, 6.07) is 3.97. The van der Waals surface area contributed by atoms with E-state index in [4.69, 9.17) is 5.73 Å². The normalized spacial score (nSPS) is 23.4. The van der Waals surface area contributed by atoms with Crippen LogP contribution in [0.2, 0.25) is 0 Å². The molecule has 1 aromatic carbocycles. The van der Waals surface area contributed by atoms with Crippen molar-refractivity contribution in [1.29, 1.82) is 0 Å². The van der Waals surface area contributed by atoms with Gasteiger partial charge in [-0.15, -0.1) is 0 Å². The van der Waals surface area contributed by atoms with Crippen molar-refractivity contribution in [2.75, 3.05) is 13.1 Å². The zero-order valence-electron chi connectivity index (χ0n) is 11.0. The number of rotatable bonds is 2. The first-order valence-electron chi connectivity index (χ1n) is 6.57. The van der Waals surface area contributed by atoms with Crippen molar-refractivity contribution in [1.82, 2.24) is 4.90 Å². The summed E-state index contributed by atoms with van der Waals surface area (Å²) in [5.74, 6) is -1.23. The first-order chi connectivity index (χ1) is 9.04. The quantitative estimate of drug-likeness (QED) is 0.856. The summed E-state index contributed by atoms with van der Waals surface area (Å²) < 4.78 is 13.7. The summed E-state index contributed by atoms with van der Waals surface area (Å²) >= 11 is 0. The molecule has 1 aliphatic rings. The van der Waals surface area contributed by atoms with Crippen LogP contribution in [0.1, 0.15) is 30.1 Å². The van der Waals surface area contributed by atoms with E-state index in [1.807, 2.05) is 6.92 Å². The number of phenolic OH excluding ortho intramolecular Hbond substituents is 1. The number of hydrogen-bond acceptors (Lipinski definition) is 3. The third-order valence-corrected chi connectivity index (χ3v) is 3.81. The van der Waals surface area contributed by atoms with Crippen LogP contribution in [0.5, 0.6) is 5.75 Å².